The number of phenols is 1. The minimum atomic E-state index is -0.540. The van der Waals surface area contributed by atoms with Gasteiger partial charge in [-0.15, -0.1) is 5.06 Å². The van der Waals surface area contributed by atoms with E-state index in [0.717, 1.165) is 44.9 Å². The van der Waals surface area contributed by atoms with Crippen molar-refractivity contribution in [1.29, 1.82) is 0 Å². The molecule has 2 aromatic rings. The minimum absolute atomic E-state index is 0.0423. The molecule has 0 bridgehead atoms. The third kappa shape index (κ3) is 8.22. The van der Waals surface area contributed by atoms with Crippen LogP contribution in [0.4, 0.5) is 0 Å². The fraction of sp³-hybridized carbons (Fsp3) is 0.429. The highest BCUT2D eigenvalue weighted by molar-refractivity contribution is 6.09. The molecule has 0 saturated carbocycles. The van der Waals surface area contributed by atoms with Gasteiger partial charge in [-0.05, 0) is 31.0 Å². The summed E-state index contributed by atoms with van der Waals surface area (Å²) >= 11 is 0. The van der Waals surface area contributed by atoms with Gasteiger partial charge < -0.3 is 14.7 Å². The zero-order valence-electron chi connectivity index (χ0n) is 20.4. The molecular weight excluding hydrogens is 462 g/mol. The summed E-state index contributed by atoms with van der Waals surface area (Å²) in [6, 6.07) is 13.7. The van der Waals surface area contributed by atoms with E-state index in [1.807, 2.05) is 6.07 Å². The summed E-state index contributed by atoms with van der Waals surface area (Å²) < 4.78 is 5.67. The Hall–Kier alpha value is -3.68. The number of nitrogens with zero attached hydrogens (tertiary/aromatic N) is 1. The molecule has 0 aliphatic carbocycles. The summed E-state index contributed by atoms with van der Waals surface area (Å²) in [7, 11) is 0. The van der Waals surface area contributed by atoms with Gasteiger partial charge in [0.25, 0.3) is 11.8 Å². The van der Waals surface area contributed by atoms with Crippen molar-refractivity contribution in [3.05, 3.63) is 59.7 Å². The first-order valence-corrected chi connectivity index (χ1v) is 12.6. The van der Waals surface area contributed by atoms with Gasteiger partial charge in [0, 0.05) is 30.4 Å². The molecular formula is C28H33NO7. The number of carbonyl (C=O) groups is 4. The average molecular weight is 496 g/mol. The monoisotopic (exact) mass is 495 g/mol. The molecule has 0 atom stereocenters. The lowest BCUT2D eigenvalue weighted by molar-refractivity contribution is -0.197. The van der Waals surface area contributed by atoms with E-state index >= 15 is 0 Å². The Morgan fingerprint density at radius 2 is 1.39 bits per heavy atom. The van der Waals surface area contributed by atoms with Crippen LogP contribution < -0.4 is 4.74 Å². The zero-order valence-corrected chi connectivity index (χ0v) is 20.4. The average Bonchev–Trinajstić information content (AvgIpc) is 3.20. The number of hydroxylamine groups is 2. The van der Waals surface area contributed by atoms with E-state index in [9.17, 15) is 24.3 Å². The van der Waals surface area contributed by atoms with Crippen LogP contribution in [0.1, 0.15) is 86.6 Å². The fourth-order valence-corrected chi connectivity index (χ4v) is 3.96. The molecule has 2 aromatic carbocycles. The number of unbranched alkanes of at least 4 members (excludes halogenated alkanes) is 7. The van der Waals surface area contributed by atoms with E-state index < -0.39 is 17.8 Å². The quantitative estimate of drug-likeness (QED) is 0.207. The van der Waals surface area contributed by atoms with E-state index in [-0.39, 0.29) is 30.8 Å². The molecule has 0 unspecified atom stereocenters. The van der Waals surface area contributed by atoms with Gasteiger partial charge in [0.1, 0.15) is 0 Å². The second-order valence-corrected chi connectivity index (χ2v) is 8.85. The Morgan fingerprint density at radius 1 is 0.778 bits per heavy atom. The van der Waals surface area contributed by atoms with Crippen LogP contribution in [0.15, 0.2) is 48.5 Å². The van der Waals surface area contributed by atoms with E-state index in [4.69, 9.17) is 9.57 Å². The summed E-state index contributed by atoms with van der Waals surface area (Å²) in [6.07, 6.45) is 8.07. The molecule has 1 saturated heterocycles. The van der Waals surface area contributed by atoms with Gasteiger partial charge in [-0.25, -0.2) is 4.79 Å². The lowest BCUT2D eigenvalue weighted by Gasteiger charge is -2.12. The molecule has 1 aliphatic rings. The van der Waals surface area contributed by atoms with Gasteiger partial charge in [0.05, 0.1) is 6.61 Å². The van der Waals surface area contributed by atoms with Crippen molar-refractivity contribution in [1.82, 2.24) is 5.06 Å². The van der Waals surface area contributed by atoms with Crippen molar-refractivity contribution in [3.8, 4) is 11.5 Å². The highest BCUT2D eigenvalue weighted by Gasteiger charge is 2.32. The number of ether oxygens (including phenoxy) is 1. The third-order valence-electron chi connectivity index (χ3n) is 5.99. The Labute approximate surface area is 211 Å². The number of imide groups is 1. The van der Waals surface area contributed by atoms with Crippen LogP contribution >= 0.6 is 0 Å². The van der Waals surface area contributed by atoms with Crippen molar-refractivity contribution in [2.75, 3.05) is 6.61 Å². The summed E-state index contributed by atoms with van der Waals surface area (Å²) in [6.45, 7) is 0.490. The molecule has 0 aromatic heterocycles. The Morgan fingerprint density at radius 3 is 2.03 bits per heavy atom. The lowest BCUT2D eigenvalue weighted by Crippen LogP contribution is -2.31. The Kier molecular flexibility index (Phi) is 10.5. The van der Waals surface area contributed by atoms with E-state index in [1.165, 1.54) is 6.07 Å². The first-order chi connectivity index (χ1) is 17.5. The summed E-state index contributed by atoms with van der Waals surface area (Å²) in [5.74, 6) is -1.27. The summed E-state index contributed by atoms with van der Waals surface area (Å²) in [5, 5.41) is 10.8. The third-order valence-corrected chi connectivity index (χ3v) is 5.99. The van der Waals surface area contributed by atoms with Crippen molar-refractivity contribution < 1.29 is 33.9 Å². The molecule has 2 amide bonds. The standard InChI is InChI=1S/C28H33NO7/c30-23-20-22(28(34)21-12-8-7-9-13-21)15-16-24(23)35-19-11-6-4-2-1-3-5-10-14-27(33)36-29-25(31)17-18-26(29)32/h7-9,12-13,15-16,20,30H,1-6,10-11,14,17-19H2. The molecule has 0 radical (unpaired) electrons. The normalized spacial score (nSPS) is 13.2. The van der Waals surface area contributed by atoms with E-state index in [0.29, 0.717) is 35.0 Å². The van der Waals surface area contributed by atoms with Crippen LogP contribution in [0.5, 0.6) is 11.5 Å². The molecule has 192 valence electrons. The molecule has 1 N–H and O–H groups in total. The van der Waals surface area contributed by atoms with E-state index in [1.54, 1.807) is 36.4 Å². The largest absolute Gasteiger partial charge is 0.504 e. The number of rotatable bonds is 15. The maximum absolute atomic E-state index is 12.5. The number of ketones is 1. The summed E-state index contributed by atoms with van der Waals surface area (Å²) in [5.41, 5.74) is 0.987. The molecule has 8 heteroatoms. The van der Waals surface area contributed by atoms with Crippen molar-refractivity contribution in [2.24, 2.45) is 0 Å². The number of hydrogen-bond donors (Lipinski definition) is 1. The van der Waals surface area contributed by atoms with Gasteiger partial charge in [0.2, 0.25) is 0 Å². The molecule has 1 heterocycles. The maximum Gasteiger partial charge on any atom is 0.333 e. The first-order valence-electron chi connectivity index (χ1n) is 12.6. The second-order valence-electron chi connectivity index (χ2n) is 8.85. The van der Waals surface area contributed by atoms with E-state index in [2.05, 4.69) is 0 Å². The number of hydrogen-bond acceptors (Lipinski definition) is 7. The predicted octanol–water partition coefficient (Wildman–Crippen LogP) is 5.12. The molecule has 36 heavy (non-hydrogen) atoms. The maximum atomic E-state index is 12.5. The zero-order chi connectivity index (χ0) is 25.8. The number of phenolic OH excluding ortho intramolecular Hbond substituents is 1. The van der Waals surface area contributed by atoms with Crippen LogP contribution in [0.2, 0.25) is 0 Å². The van der Waals surface area contributed by atoms with Gasteiger partial charge in [0.15, 0.2) is 17.3 Å². The van der Waals surface area contributed by atoms with Crippen molar-refractivity contribution in [2.45, 2.75) is 70.6 Å². The number of benzene rings is 2. The Bertz CT molecular complexity index is 1040. The SMILES string of the molecule is O=C(CCCCCCCCCCOc1ccc(C(=O)c2ccccc2)cc1O)ON1C(=O)CCC1=O. The fourth-order valence-electron chi connectivity index (χ4n) is 3.96. The predicted molar refractivity (Wildman–Crippen MR) is 132 cm³/mol. The van der Waals surface area contributed by atoms with Crippen LogP contribution in [-0.2, 0) is 19.2 Å². The lowest BCUT2D eigenvalue weighted by atomic mass is 10.0. The molecule has 3 rings (SSSR count). The Balaban J connectivity index is 1.20. The number of aromatic hydroxyl groups is 1. The van der Waals surface area contributed by atoms with Gasteiger partial charge >= 0.3 is 5.97 Å². The van der Waals surface area contributed by atoms with Crippen LogP contribution in [0.25, 0.3) is 0 Å². The van der Waals surface area contributed by atoms with Gasteiger partial charge in [-0.3, -0.25) is 14.4 Å². The minimum Gasteiger partial charge on any atom is -0.504 e. The van der Waals surface area contributed by atoms with Crippen LogP contribution in [-0.4, -0.2) is 40.3 Å². The van der Waals surface area contributed by atoms with Crippen molar-refractivity contribution in [3.63, 3.8) is 0 Å². The molecule has 8 nitrogen and oxygen atoms in total. The second kappa shape index (κ2) is 14.0. The smallest absolute Gasteiger partial charge is 0.333 e. The molecule has 0 spiro atoms. The van der Waals surface area contributed by atoms with Crippen LogP contribution in [0.3, 0.4) is 0 Å². The first kappa shape index (κ1) is 26.9. The highest BCUT2D eigenvalue weighted by atomic mass is 16.7. The van der Waals surface area contributed by atoms with Gasteiger partial charge in [-0.2, -0.15) is 0 Å². The number of carbonyl (C=O) groups excluding carboxylic acids is 4. The highest BCUT2D eigenvalue weighted by Crippen LogP contribution is 2.28. The van der Waals surface area contributed by atoms with Crippen molar-refractivity contribution >= 4 is 23.6 Å². The van der Waals surface area contributed by atoms with Crippen LogP contribution in [0, 0.1) is 0 Å². The molecule has 1 aliphatic heterocycles. The van der Waals surface area contributed by atoms with Gasteiger partial charge in [-0.1, -0.05) is 68.9 Å². The molecule has 1 fully saturated rings. The topological polar surface area (TPSA) is 110 Å². The summed E-state index contributed by atoms with van der Waals surface area (Å²) in [4.78, 5) is 51.9. The number of amides is 2.